The lowest BCUT2D eigenvalue weighted by Crippen LogP contribution is -2.61. The summed E-state index contributed by atoms with van der Waals surface area (Å²) in [5.41, 5.74) is 6.64. The number of hydrogen-bond acceptors (Lipinski definition) is 2. The topological polar surface area (TPSA) is 54.3 Å². The smallest absolute Gasteiger partial charge is 0.246 e. The van der Waals surface area contributed by atoms with Crippen molar-refractivity contribution >= 4 is 38.6 Å². The Labute approximate surface area is 213 Å². The predicted octanol–water partition coefficient (Wildman–Crippen LogP) is 5.56. The Hall–Kier alpha value is -3.64. The van der Waals surface area contributed by atoms with Crippen molar-refractivity contribution in [3.05, 3.63) is 95.6 Å². The number of carbonyl (C=O) groups excluding carboxylic acids is 2. The number of fused-ring (bicyclic) bond motifs is 1. The number of aromatic nitrogens is 1. The molecule has 0 bridgehead atoms. The first-order chi connectivity index (χ1) is 16.9. The number of aryl methyl sites for hydroxylation is 1. The van der Waals surface area contributed by atoms with Crippen LogP contribution < -0.4 is 5.32 Å². The summed E-state index contributed by atoms with van der Waals surface area (Å²) in [6.07, 6.45) is 3.38. The Bertz CT molecular complexity index is 1440. The number of nitrogens with zero attached hydrogens (tertiary/aromatic N) is 2. The van der Waals surface area contributed by atoms with Gasteiger partial charge in [0, 0.05) is 34.7 Å². The molecular formula is C29H26BrN3O2. The van der Waals surface area contributed by atoms with Crippen molar-refractivity contribution in [3.8, 4) is 22.3 Å². The molecule has 0 unspecified atom stereocenters. The van der Waals surface area contributed by atoms with Gasteiger partial charge in [-0.2, -0.15) is 0 Å². The van der Waals surface area contributed by atoms with E-state index in [4.69, 9.17) is 0 Å². The fourth-order valence-corrected chi connectivity index (χ4v) is 5.34. The summed E-state index contributed by atoms with van der Waals surface area (Å²) in [4.78, 5) is 26.2. The molecular weight excluding hydrogens is 502 g/mol. The van der Waals surface area contributed by atoms with E-state index < -0.39 is 0 Å². The van der Waals surface area contributed by atoms with Gasteiger partial charge < -0.3 is 14.8 Å². The molecule has 1 aliphatic heterocycles. The molecule has 176 valence electrons. The molecule has 5 rings (SSSR count). The van der Waals surface area contributed by atoms with Gasteiger partial charge in [0.2, 0.25) is 11.8 Å². The molecule has 1 N–H and O–H groups in total. The highest BCUT2D eigenvalue weighted by molar-refractivity contribution is 9.10. The van der Waals surface area contributed by atoms with E-state index >= 15 is 0 Å². The number of nitrogens with one attached hydrogen (secondary N) is 1. The third-order valence-corrected chi connectivity index (χ3v) is 6.91. The summed E-state index contributed by atoms with van der Waals surface area (Å²) in [7, 11) is 0. The highest BCUT2D eigenvalue weighted by Gasteiger charge is 2.30. The van der Waals surface area contributed by atoms with Crippen molar-refractivity contribution < 1.29 is 9.59 Å². The fourth-order valence-electron chi connectivity index (χ4n) is 4.77. The maximum atomic E-state index is 12.9. The van der Waals surface area contributed by atoms with Gasteiger partial charge in [-0.15, -0.1) is 0 Å². The molecule has 6 heteroatoms. The van der Waals surface area contributed by atoms with Gasteiger partial charge in [-0.25, -0.2) is 0 Å². The van der Waals surface area contributed by atoms with Crippen LogP contribution in [0.4, 0.5) is 0 Å². The molecule has 35 heavy (non-hydrogen) atoms. The molecule has 3 aromatic carbocycles. The molecule has 0 spiro atoms. The number of likely N-dealkylation sites (tertiary alicyclic amines) is 1. The first-order valence-corrected chi connectivity index (χ1v) is 12.4. The Morgan fingerprint density at radius 3 is 2.49 bits per heavy atom. The number of carbonyl (C=O) groups is 2. The van der Waals surface area contributed by atoms with E-state index in [1.54, 1.807) is 4.90 Å². The molecule has 0 atom stereocenters. The Balaban J connectivity index is 1.45. The molecule has 2 heterocycles. The number of halogens is 1. The molecule has 1 aliphatic rings. The Morgan fingerprint density at radius 2 is 1.74 bits per heavy atom. The van der Waals surface area contributed by atoms with Gasteiger partial charge in [0.15, 0.2) is 0 Å². The minimum absolute atomic E-state index is 0.0227. The van der Waals surface area contributed by atoms with Crippen molar-refractivity contribution in [2.45, 2.75) is 19.5 Å². The van der Waals surface area contributed by atoms with Crippen LogP contribution in [-0.4, -0.2) is 40.4 Å². The highest BCUT2D eigenvalue weighted by atomic mass is 79.9. The second-order valence-corrected chi connectivity index (χ2v) is 9.86. The zero-order chi connectivity index (χ0) is 24.5. The van der Waals surface area contributed by atoms with Crippen LogP contribution in [0.3, 0.4) is 0 Å². The number of hydrogen-bond donors (Lipinski definition) is 1. The second kappa shape index (κ2) is 9.55. The van der Waals surface area contributed by atoms with Crippen LogP contribution in [0.25, 0.3) is 33.2 Å². The van der Waals surface area contributed by atoms with Crippen LogP contribution in [0, 0.1) is 6.92 Å². The third-order valence-electron chi connectivity index (χ3n) is 6.46. The number of amides is 2. The van der Waals surface area contributed by atoms with Crippen LogP contribution in [-0.2, 0) is 16.1 Å². The van der Waals surface area contributed by atoms with E-state index in [1.807, 2.05) is 22.8 Å². The van der Waals surface area contributed by atoms with Crippen molar-refractivity contribution in [3.63, 3.8) is 0 Å². The molecule has 4 aromatic rings. The van der Waals surface area contributed by atoms with E-state index in [1.165, 1.54) is 11.6 Å². The zero-order valence-corrected chi connectivity index (χ0v) is 21.1. The molecule has 0 saturated carbocycles. The molecule has 1 saturated heterocycles. The summed E-state index contributed by atoms with van der Waals surface area (Å²) in [5, 5.41) is 4.15. The predicted molar refractivity (Wildman–Crippen MR) is 144 cm³/mol. The summed E-state index contributed by atoms with van der Waals surface area (Å²) in [5.74, 6) is -0.167. The van der Waals surface area contributed by atoms with Gasteiger partial charge in [-0.05, 0) is 53.5 Å². The first-order valence-electron chi connectivity index (χ1n) is 11.6. The Kier molecular flexibility index (Phi) is 6.31. The summed E-state index contributed by atoms with van der Waals surface area (Å²) in [6, 6.07) is 23.0. The van der Waals surface area contributed by atoms with Gasteiger partial charge in [0.1, 0.15) is 6.54 Å². The maximum Gasteiger partial charge on any atom is 0.246 e. The van der Waals surface area contributed by atoms with Crippen molar-refractivity contribution in [2.75, 3.05) is 13.1 Å². The lowest BCUT2D eigenvalue weighted by molar-refractivity contribution is -0.133. The van der Waals surface area contributed by atoms with Crippen LogP contribution in [0.15, 0.2) is 90.1 Å². The van der Waals surface area contributed by atoms with Crippen molar-refractivity contribution in [1.29, 1.82) is 0 Å². The van der Waals surface area contributed by atoms with E-state index in [2.05, 4.69) is 89.5 Å². The maximum absolute atomic E-state index is 12.9. The monoisotopic (exact) mass is 527 g/mol. The minimum Gasteiger partial charge on any atom is -0.348 e. The van der Waals surface area contributed by atoms with Gasteiger partial charge in [-0.1, -0.05) is 71.0 Å². The van der Waals surface area contributed by atoms with Crippen molar-refractivity contribution in [2.24, 2.45) is 0 Å². The fraction of sp³-hybridized carbons (Fsp3) is 0.172. The van der Waals surface area contributed by atoms with Crippen molar-refractivity contribution in [1.82, 2.24) is 14.8 Å². The molecule has 1 aromatic heterocycles. The van der Waals surface area contributed by atoms with Crippen LogP contribution in [0.2, 0.25) is 0 Å². The highest BCUT2D eigenvalue weighted by Crippen LogP contribution is 2.36. The number of benzene rings is 3. The van der Waals surface area contributed by atoms with Crippen LogP contribution in [0.1, 0.15) is 5.56 Å². The largest absolute Gasteiger partial charge is 0.348 e. The summed E-state index contributed by atoms with van der Waals surface area (Å²) < 4.78 is 3.04. The van der Waals surface area contributed by atoms with Gasteiger partial charge in [0.05, 0.1) is 11.6 Å². The lowest BCUT2D eigenvalue weighted by Gasteiger charge is -2.38. The lowest BCUT2D eigenvalue weighted by atomic mass is 9.98. The Morgan fingerprint density at radius 1 is 1.03 bits per heavy atom. The SMILES string of the molecule is C=CC(=O)N1CC(NC(=O)Cn2cc(-c3cccc(-c4ccccc4)c3)c3cc(Br)cc(C)c32)C1. The molecule has 0 aliphatic carbocycles. The van der Waals surface area contributed by atoms with E-state index in [9.17, 15) is 9.59 Å². The molecule has 2 amide bonds. The summed E-state index contributed by atoms with van der Waals surface area (Å²) in [6.45, 7) is 6.83. The standard InChI is InChI=1S/C29H26BrN3O2/c1-3-28(35)32-15-24(16-32)31-27(34)18-33-17-26(25-14-23(30)12-19(2)29(25)33)22-11-7-10-21(13-22)20-8-5-4-6-9-20/h3-14,17,24H,1,15-16,18H2,2H3,(H,31,34). The average molecular weight is 528 g/mol. The number of rotatable bonds is 6. The summed E-state index contributed by atoms with van der Waals surface area (Å²) >= 11 is 3.65. The third kappa shape index (κ3) is 4.66. The van der Waals surface area contributed by atoms with E-state index in [-0.39, 0.29) is 24.4 Å². The second-order valence-electron chi connectivity index (χ2n) is 8.95. The first kappa shape index (κ1) is 23.1. The average Bonchev–Trinajstić information content (AvgIpc) is 3.19. The van der Waals surface area contributed by atoms with E-state index in [0.29, 0.717) is 13.1 Å². The normalized spacial score (nSPS) is 13.5. The molecule has 1 fully saturated rings. The quantitative estimate of drug-likeness (QED) is 0.334. The zero-order valence-electron chi connectivity index (χ0n) is 19.5. The van der Waals surface area contributed by atoms with Gasteiger partial charge >= 0.3 is 0 Å². The van der Waals surface area contributed by atoms with Gasteiger partial charge in [0.25, 0.3) is 0 Å². The van der Waals surface area contributed by atoms with E-state index in [0.717, 1.165) is 37.6 Å². The van der Waals surface area contributed by atoms with Gasteiger partial charge in [-0.3, -0.25) is 9.59 Å². The molecule has 0 radical (unpaired) electrons. The van der Waals surface area contributed by atoms with Crippen LogP contribution >= 0.6 is 15.9 Å². The molecule has 5 nitrogen and oxygen atoms in total. The minimum atomic E-state index is -0.101. The van der Waals surface area contributed by atoms with Crippen LogP contribution in [0.5, 0.6) is 0 Å².